The summed E-state index contributed by atoms with van der Waals surface area (Å²) < 4.78 is 8.01. The van der Waals surface area contributed by atoms with E-state index in [0.717, 1.165) is 0 Å². The molecule has 0 aliphatic heterocycles. The van der Waals surface area contributed by atoms with Crippen LogP contribution in [0.25, 0.3) is 22.3 Å². The van der Waals surface area contributed by atoms with Gasteiger partial charge in [0.1, 0.15) is 36.8 Å². The van der Waals surface area contributed by atoms with Crippen LogP contribution < -0.4 is 27.8 Å². The summed E-state index contributed by atoms with van der Waals surface area (Å²) in [5, 5.41) is 5.20. The molecule has 21 heteroatoms. The average Bonchev–Trinajstić information content (AvgIpc) is 3.69. The van der Waals surface area contributed by atoms with E-state index in [9.17, 15) is 24.0 Å². The van der Waals surface area contributed by atoms with Gasteiger partial charge in [-0.25, -0.2) is 34.7 Å². The van der Waals surface area contributed by atoms with E-state index in [1.807, 2.05) is 0 Å². The van der Waals surface area contributed by atoms with Gasteiger partial charge in [-0.2, -0.15) is 0 Å². The number of anilines is 2. The van der Waals surface area contributed by atoms with Crippen molar-refractivity contribution in [2.45, 2.75) is 32.4 Å². The molecule has 4 rings (SSSR count). The number of hydrogen-bond acceptors (Lipinski definition) is 14. The maximum atomic E-state index is 13.4. The summed E-state index contributed by atoms with van der Waals surface area (Å²) in [5.74, 6) is 0.458. The first-order valence-corrected chi connectivity index (χ1v) is 15.3. The van der Waals surface area contributed by atoms with Gasteiger partial charge in [0.25, 0.3) is 0 Å². The number of imidazole rings is 2. The van der Waals surface area contributed by atoms with E-state index in [4.69, 9.17) is 28.4 Å². The van der Waals surface area contributed by atoms with Crippen LogP contribution in [0.2, 0.25) is 0 Å². The lowest BCUT2D eigenvalue weighted by Crippen LogP contribution is -2.48. The Bertz CT molecular complexity index is 1880. The van der Waals surface area contributed by atoms with E-state index < -0.39 is 42.8 Å². The van der Waals surface area contributed by atoms with Gasteiger partial charge >= 0.3 is 6.09 Å². The van der Waals surface area contributed by atoms with Crippen LogP contribution in [-0.4, -0.2) is 124 Å². The molecular formula is C29H37N15O6. The minimum Gasteiger partial charge on any atom is -0.450 e. The Labute approximate surface area is 285 Å². The van der Waals surface area contributed by atoms with Gasteiger partial charge in [-0.3, -0.25) is 19.2 Å². The lowest BCUT2D eigenvalue weighted by atomic mass is 10.2. The van der Waals surface area contributed by atoms with Gasteiger partial charge in [-0.15, -0.1) is 12.3 Å². The molecule has 0 aliphatic rings. The molecule has 0 saturated carbocycles. The Morgan fingerprint density at radius 2 is 1.32 bits per heavy atom. The number of ether oxygens (including phenoxy) is 1. The molecule has 4 heterocycles. The third-order valence-corrected chi connectivity index (χ3v) is 7.16. The number of rotatable bonds is 18. The van der Waals surface area contributed by atoms with Gasteiger partial charge in [0.05, 0.1) is 32.4 Å². The van der Waals surface area contributed by atoms with Crippen LogP contribution in [0.3, 0.4) is 0 Å². The van der Waals surface area contributed by atoms with Gasteiger partial charge in [-0.05, 0) is 12.8 Å². The molecule has 0 spiro atoms. The fraction of sp³-hybridized carbons (Fsp3) is 0.414. The predicted octanol–water partition coefficient (Wildman–Crippen LogP) is -2.38. The highest BCUT2D eigenvalue weighted by atomic mass is 16.5. The van der Waals surface area contributed by atoms with E-state index in [0.29, 0.717) is 41.6 Å². The highest BCUT2D eigenvalue weighted by Crippen LogP contribution is 2.15. The molecule has 0 aromatic carbocycles. The van der Waals surface area contributed by atoms with Crippen molar-refractivity contribution in [1.82, 2.24) is 59.5 Å². The highest BCUT2D eigenvalue weighted by Gasteiger charge is 2.22. The number of terminal acetylenes is 1. The Balaban J connectivity index is 1.35. The van der Waals surface area contributed by atoms with Crippen LogP contribution in [0.5, 0.6) is 0 Å². The van der Waals surface area contributed by atoms with E-state index in [1.165, 1.54) is 44.2 Å². The molecule has 0 fully saturated rings. The first kappa shape index (κ1) is 36.2. The molecular weight excluding hydrogens is 654 g/mol. The molecule has 0 unspecified atom stereocenters. The number of amides is 5. The number of carbonyl (C=O) groups excluding carboxylic acids is 5. The maximum Gasteiger partial charge on any atom is 0.407 e. The zero-order valence-corrected chi connectivity index (χ0v) is 27.0. The normalized spacial score (nSPS) is 10.8. The molecule has 8 N–H and O–H groups in total. The van der Waals surface area contributed by atoms with Crippen LogP contribution >= 0.6 is 0 Å². The van der Waals surface area contributed by atoms with E-state index in [1.54, 1.807) is 0 Å². The summed E-state index contributed by atoms with van der Waals surface area (Å²) >= 11 is 0. The van der Waals surface area contributed by atoms with Crippen molar-refractivity contribution in [1.29, 1.82) is 0 Å². The van der Waals surface area contributed by atoms with Crippen molar-refractivity contribution in [3.05, 3.63) is 25.3 Å². The standard InChI is InChI=1S/C29H37N15O6/c1-2-3-4-5-10-50-29(49)34-7-9-42(22(48)14-44-18-40-24-26(32)36-16-38-28(24)44)12-20(46)33-6-8-41(11-19(30)45)21(47)13-43-17-39-23-25(31)35-15-37-27(23)43/h1,15-18H,3-14H2,(H2,30,45)(H,33,46)(H,34,49)(H2,31,35,37)(H2,32,36,38). The van der Waals surface area contributed by atoms with Crippen molar-refractivity contribution >= 4 is 63.7 Å². The van der Waals surface area contributed by atoms with Crippen molar-refractivity contribution in [3.63, 3.8) is 0 Å². The second-order valence-corrected chi connectivity index (χ2v) is 10.8. The topological polar surface area (TPSA) is 290 Å². The fourth-order valence-electron chi connectivity index (χ4n) is 4.69. The first-order valence-electron chi connectivity index (χ1n) is 15.3. The van der Waals surface area contributed by atoms with Gasteiger partial charge < -0.3 is 51.5 Å². The number of hydrogen-bond donors (Lipinski definition) is 5. The Morgan fingerprint density at radius 1 is 0.780 bits per heavy atom. The van der Waals surface area contributed by atoms with Crippen LogP contribution in [0.1, 0.15) is 19.3 Å². The Morgan fingerprint density at radius 3 is 1.86 bits per heavy atom. The molecule has 264 valence electrons. The first-order chi connectivity index (χ1) is 24.1. The number of aromatic nitrogens is 8. The number of unbranched alkanes of at least 4 members (excludes halogenated alkanes) is 2. The monoisotopic (exact) mass is 691 g/mol. The summed E-state index contributed by atoms with van der Waals surface area (Å²) in [6.45, 7) is -1.37. The van der Waals surface area contributed by atoms with Crippen molar-refractivity contribution < 1.29 is 28.7 Å². The molecule has 0 radical (unpaired) electrons. The predicted molar refractivity (Wildman–Crippen MR) is 177 cm³/mol. The van der Waals surface area contributed by atoms with Crippen molar-refractivity contribution in [2.75, 3.05) is 57.3 Å². The third-order valence-electron chi connectivity index (χ3n) is 7.16. The van der Waals surface area contributed by atoms with Gasteiger partial charge in [0.15, 0.2) is 22.9 Å². The van der Waals surface area contributed by atoms with Crippen molar-refractivity contribution in [3.8, 4) is 12.3 Å². The van der Waals surface area contributed by atoms with Gasteiger partial charge in [-0.1, -0.05) is 0 Å². The molecule has 5 amide bonds. The van der Waals surface area contributed by atoms with Crippen LogP contribution in [0, 0.1) is 12.3 Å². The van der Waals surface area contributed by atoms with Crippen LogP contribution in [0.4, 0.5) is 16.4 Å². The van der Waals surface area contributed by atoms with Crippen molar-refractivity contribution in [2.24, 2.45) is 5.73 Å². The van der Waals surface area contributed by atoms with E-state index in [2.05, 4.69) is 46.5 Å². The Kier molecular flexibility index (Phi) is 12.7. The largest absolute Gasteiger partial charge is 0.450 e. The second-order valence-electron chi connectivity index (χ2n) is 10.8. The lowest BCUT2D eigenvalue weighted by molar-refractivity contribution is -0.137. The minimum atomic E-state index is -0.763. The second kappa shape index (κ2) is 17.5. The lowest BCUT2D eigenvalue weighted by Gasteiger charge is -2.24. The number of nitrogen functional groups attached to an aromatic ring is 2. The molecule has 50 heavy (non-hydrogen) atoms. The Hall–Kier alpha value is -6.59. The molecule has 0 aliphatic carbocycles. The zero-order valence-electron chi connectivity index (χ0n) is 27.0. The number of primary amides is 1. The number of carbonyl (C=O) groups is 5. The van der Waals surface area contributed by atoms with E-state index >= 15 is 0 Å². The number of fused-ring (bicyclic) bond motifs is 2. The number of nitrogens with two attached hydrogens (primary N) is 3. The summed E-state index contributed by atoms with van der Waals surface area (Å²) in [6.07, 6.45) is 11.6. The van der Waals surface area contributed by atoms with Gasteiger partial charge in [0, 0.05) is 32.6 Å². The SMILES string of the molecule is C#CCCCCOC(=O)NCCN(CC(=O)NCCN(CC(N)=O)C(=O)Cn1cnc2c(N)ncnc21)C(=O)Cn1cnc2c(N)ncnc21. The van der Waals surface area contributed by atoms with Crippen LogP contribution in [-0.2, 0) is 37.0 Å². The number of alkyl carbamates (subject to hydrolysis) is 1. The molecule has 0 atom stereocenters. The fourth-order valence-corrected chi connectivity index (χ4v) is 4.69. The number of nitrogens with one attached hydrogen (secondary N) is 2. The molecule has 4 aromatic rings. The molecule has 21 nitrogen and oxygen atoms in total. The molecule has 0 bridgehead atoms. The third kappa shape index (κ3) is 9.96. The quantitative estimate of drug-likeness (QED) is 0.0538. The smallest absolute Gasteiger partial charge is 0.407 e. The molecule has 4 aromatic heterocycles. The van der Waals surface area contributed by atoms with E-state index in [-0.39, 0.29) is 57.5 Å². The average molecular weight is 692 g/mol. The zero-order chi connectivity index (χ0) is 36.0. The minimum absolute atomic E-state index is 0.0254. The number of nitrogens with zero attached hydrogens (tertiary/aromatic N) is 10. The summed E-state index contributed by atoms with van der Waals surface area (Å²) in [4.78, 5) is 90.1. The van der Waals surface area contributed by atoms with Crippen LogP contribution in [0.15, 0.2) is 25.3 Å². The summed E-state index contributed by atoms with van der Waals surface area (Å²) in [6, 6.07) is 0. The molecule has 0 saturated heterocycles. The van der Waals surface area contributed by atoms with Gasteiger partial charge in [0.2, 0.25) is 23.6 Å². The summed E-state index contributed by atoms with van der Waals surface area (Å²) in [7, 11) is 0. The summed E-state index contributed by atoms with van der Waals surface area (Å²) in [5.41, 5.74) is 18.3. The maximum absolute atomic E-state index is 13.4. The highest BCUT2D eigenvalue weighted by molar-refractivity contribution is 5.88.